The van der Waals surface area contributed by atoms with Gasteiger partial charge in [-0.05, 0) is 54.5 Å². The SMILES string of the molecule is CCn1nc(C)c(Br)c1CC(CCl)C1CCS(=O)(=O)C1. The van der Waals surface area contributed by atoms with Crippen LogP contribution in [0.15, 0.2) is 4.47 Å². The summed E-state index contributed by atoms with van der Waals surface area (Å²) in [5.74, 6) is 1.43. The highest BCUT2D eigenvalue weighted by atomic mass is 79.9. The molecule has 4 nitrogen and oxygen atoms in total. The van der Waals surface area contributed by atoms with Crippen LogP contribution in [0.3, 0.4) is 0 Å². The molecule has 1 aliphatic rings. The zero-order valence-electron chi connectivity index (χ0n) is 11.8. The van der Waals surface area contributed by atoms with Crippen LogP contribution in [0, 0.1) is 18.8 Å². The van der Waals surface area contributed by atoms with Gasteiger partial charge in [-0.15, -0.1) is 11.6 Å². The zero-order valence-corrected chi connectivity index (χ0v) is 14.9. The molecule has 0 spiro atoms. The molecule has 0 amide bonds. The fourth-order valence-corrected chi connectivity index (χ4v) is 5.58. The van der Waals surface area contributed by atoms with Gasteiger partial charge in [0, 0.05) is 12.4 Å². The summed E-state index contributed by atoms with van der Waals surface area (Å²) in [5, 5.41) is 4.48. The van der Waals surface area contributed by atoms with Gasteiger partial charge in [0.25, 0.3) is 0 Å². The van der Waals surface area contributed by atoms with E-state index in [0.717, 1.165) is 35.2 Å². The minimum Gasteiger partial charge on any atom is -0.268 e. The molecule has 1 fully saturated rings. The second-order valence-corrected chi connectivity index (χ2v) is 8.77. The van der Waals surface area contributed by atoms with Gasteiger partial charge in [0.15, 0.2) is 9.84 Å². The van der Waals surface area contributed by atoms with Gasteiger partial charge in [0.1, 0.15) is 0 Å². The van der Waals surface area contributed by atoms with E-state index in [0.29, 0.717) is 11.6 Å². The Bertz CT molecular complexity index is 585. The zero-order chi connectivity index (χ0) is 14.9. The molecule has 0 aliphatic carbocycles. The van der Waals surface area contributed by atoms with Crippen molar-refractivity contribution in [3.8, 4) is 0 Å². The van der Waals surface area contributed by atoms with E-state index >= 15 is 0 Å². The van der Waals surface area contributed by atoms with Crippen LogP contribution in [0.25, 0.3) is 0 Å². The molecule has 0 radical (unpaired) electrons. The molecule has 1 aromatic heterocycles. The number of aromatic nitrogens is 2. The monoisotopic (exact) mass is 382 g/mol. The van der Waals surface area contributed by atoms with Crippen LogP contribution in [-0.2, 0) is 22.8 Å². The van der Waals surface area contributed by atoms with Gasteiger partial charge in [0.05, 0.1) is 27.4 Å². The molecule has 1 aromatic rings. The molecule has 2 rings (SSSR count). The van der Waals surface area contributed by atoms with E-state index in [2.05, 4.69) is 28.0 Å². The fourth-order valence-electron chi connectivity index (χ4n) is 2.86. The van der Waals surface area contributed by atoms with Gasteiger partial charge in [-0.1, -0.05) is 0 Å². The lowest BCUT2D eigenvalue weighted by molar-refractivity contribution is 0.386. The summed E-state index contributed by atoms with van der Waals surface area (Å²) >= 11 is 9.69. The first-order valence-corrected chi connectivity index (χ1v) is 10.0. The molecule has 2 atom stereocenters. The van der Waals surface area contributed by atoms with Crippen LogP contribution in [0.5, 0.6) is 0 Å². The van der Waals surface area contributed by atoms with Crippen molar-refractivity contribution >= 4 is 37.4 Å². The average molecular weight is 384 g/mol. The van der Waals surface area contributed by atoms with Gasteiger partial charge in [0.2, 0.25) is 0 Å². The number of aryl methyl sites for hydroxylation is 2. The Morgan fingerprint density at radius 1 is 1.55 bits per heavy atom. The highest BCUT2D eigenvalue weighted by molar-refractivity contribution is 9.10. The molecule has 0 bridgehead atoms. The standard InChI is InChI=1S/C13H20BrClN2O2S/c1-3-17-12(13(14)9(2)16-17)6-11(7-15)10-4-5-20(18,19)8-10/h10-11H,3-8H2,1-2H3. The van der Waals surface area contributed by atoms with Crippen molar-refractivity contribution in [3.63, 3.8) is 0 Å². The van der Waals surface area contributed by atoms with Crippen molar-refractivity contribution in [2.75, 3.05) is 17.4 Å². The Labute approximate surface area is 133 Å². The molecule has 1 aliphatic heterocycles. The Hall–Kier alpha value is -0.0700. The minimum absolute atomic E-state index is 0.171. The van der Waals surface area contributed by atoms with Gasteiger partial charge in [-0.25, -0.2) is 8.42 Å². The lowest BCUT2D eigenvalue weighted by atomic mass is 9.89. The van der Waals surface area contributed by atoms with Gasteiger partial charge in [-0.3, -0.25) is 4.68 Å². The molecular weight excluding hydrogens is 364 g/mol. The van der Waals surface area contributed by atoms with Crippen molar-refractivity contribution in [2.24, 2.45) is 11.8 Å². The summed E-state index contributed by atoms with van der Waals surface area (Å²) in [5.41, 5.74) is 2.09. The molecular formula is C13H20BrClN2O2S. The van der Waals surface area contributed by atoms with Crippen LogP contribution < -0.4 is 0 Å². The molecule has 7 heteroatoms. The normalized spacial score (nSPS) is 23.1. The van der Waals surface area contributed by atoms with E-state index in [1.807, 2.05) is 11.6 Å². The molecule has 1 saturated heterocycles. The first-order valence-electron chi connectivity index (χ1n) is 6.86. The topological polar surface area (TPSA) is 52.0 Å². The molecule has 0 saturated carbocycles. The predicted molar refractivity (Wildman–Crippen MR) is 85.0 cm³/mol. The van der Waals surface area contributed by atoms with E-state index in [-0.39, 0.29) is 17.6 Å². The highest BCUT2D eigenvalue weighted by Gasteiger charge is 2.34. The summed E-state index contributed by atoms with van der Waals surface area (Å²) in [6, 6.07) is 0. The third-order valence-electron chi connectivity index (χ3n) is 4.04. The van der Waals surface area contributed by atoms with Crippen LogP contribution in [-0.4, -0.2) is 35.6 Å². The predicted octanol–water partition coefficient (Wildman–Crippen LogP) is 2.81. The van der Waals surface area contributed by atoms with E-state index in [1.165, 1.54) is 0 Å². The van der Waals surface area contributed by atoms with E-state index in [1.54, 1.807) is 0 Å². The number of hydrogen-bond acceptors (Lipinski definition) is 3. The van der Waals surface area contributed by atoms with Gasteiger partial charge >= 0.3 is 0 Å². The first-order chi connectivity index (χ1) is 9.38. The van der Waals surface area contributed by atoms with Gasteiger partial charge in [-0.2, -0.15) is 5.10 Å². The van der Waals surface area contributed by atoms with Crippen molar-refractivity contribution in [1.82, 2.24) is 9.78 Å². The van der Waals surface area contributed by atoms with Gasteiger partial charge < -0.3 is 0 Å². The quantitative estimate of drug-likeness (QED) is 0.735. The molecule has 2 unspecified atom stereocenters. The summed E-state index contributed by atoms with van der Waals surface area (Å²) in [6.07, 6.45) is 1.51. The molecule has 0 aromatic carbocycles. The number of rotatable bonds is 5. The van der Waals surface area contributed by atoms with Crippen LogP contribution >= 0.6 is 27.5 Å². The van der Waals surface area contributed by atoms with Crippen molar-refractivity contribution in [2.45, 2.75) is 33.2 Å². The first kappa shape index (κ1) is 16.3. The van der Waals surface area contributed by atoms with E-state index in [9.17, 15) is 8.42 Å². The van der Waals surface area contributed by atoms with E-state index in [4.69, 9.17) is 11.6 Å². The fraction of sp³-hybridized carbons (Fsp3) is 0.769. The summed E-state index contributed by atoms with van der Waals surface area (Å²) < 4.78 is 26.3. The van der Waals surface area contributed by atoms with Crippen molar-refractivity contribution < 1.29 is 8.42 Å². The molecule has 0 N–H and O–H groups in total. The third kappa shape index (κ3) is 3.39. The van der Waals surface area contributed by atoms with Crippen LogP contribution in [0.1, 0.15) is 24.7 Å². The maximum atomic E-state index is 11.6. The minimum atomic E-state index is -2.86. The van der Waals surface area contributed by atoms with Crippen LogP contribution in [0.2, 0.25) is 0 Å². The maximum Gasteiger partial charge on any atom is 0.150 e. The molecule has 20 heavy (non-hydrogen) atoms. The smallest absolute Gasteiger partial charge is 0.150 e. The second-order valence-electron chi connectivity index (χ2n) is 5.44. The average Bonchev–Trinajstić information content (AvgIpc) is 2.89. The number of hydrogen-bond donors (Lipinski definition) is 0. The van der Waals surface area contributed by atoms with E-state index < -0.39 is 9.84 Å². The largest absolute Gasteiger partial charge is 0.268 e. The third-order valence-corrected chi connectivity index (χ3v) is 7.26. The highest BCUT2D eigenvalue weighted by Crippen LogP contribution is 2.32. The molecule has 2 heterocycles. The summed E-state index contributed by atoms with van der Waals surface area (Å²) in [7, 11) is -2.86. The lowest BCUT2D eigenvalue weighted by Gasteiger charge is -2.20. The summed E-state index contributed by atoms with van der Waals surface area (Å²) in [6.45, 7) is 4.83. The number of alkyl halides is 1. The second kappa shape index (κ2) is 6.36. The molecule has 114 valence electrons. The lowest BCUT2D eigenvalue weighted by Crippen LogP contribution is -2.22. The Morgan fingerprint density at radius 2 is 2.25 bits per heavy atom. The summed E-state index contributed by atoms with van der Waals surface area (Å²) in [4.78, 5) is 0. The number of sulfone groups is 1. The Balaban J connectivity index is 2.19. The maximum absolute atomic E-state index is 11.6. The Kier molecular flexibility index (Phi) is 5.19. The number of halogens is 2. The van der Waals surface area contributed by atoms with Crippen molar-refractivity contribution in [1.29, 1.82) is 0 Å². The van der Waals surface area contributed by atoms with Crippen LogP contribution in [0.4, 0.5) is 0 Å². The van der Waals surface area contributed by atoms with Crippen molar-refractivity contribution in [3.05, 3.63) is 15.9 Å². The number of nitrogens with zero attached hydrogens (tertiary/aromatic N) is 2. The Morgan fingerprint density at radius 3 is 2.75 bits per heavy atom.